The average Bonchev–Trinajstić information content (AvgIpc) is 2.99. The summed E-state index contributed by atoms with van der Waals surface area (Å²) in [5, 5.41) is 4.93. The lowest BCUT2D eigenvalue weighted by Crippen LogP contribution is -2.37. The Bertz CT molecular complexity index is 1230. The highest BCUT2D eigenvalue weighted by molar-refractivity contribution is 7.89. The van der Waals surface area contributed by atoms with Crippen LogP contribution in [0.3, 0.4) is 0 Å². The lowest BCUT2D eigenvalue weighted by molar-refractivity contribution is 0.0752. The minimum absolute atomic E-state index is 0.0256. The quantitative estimate of drug-likeness (QED) is 0.576. The van der Waals surface area contributed by atoms with Gasteiger partial charge in [-0.3, -0.25) is 4.79 Å². The maximum atomic E-state index is 13.2. The summed E-state index contributed by atoms with van der Waals surface area (Å²) in [6.07, 6.45) is 0.461. The van der Waals surface area contributed by atoms with Crippen molar-refractivity contribution in [2.45, 2.75) is 18.2 Å². The normalized spacial score (nSPS) is 15.5. The lowest BCUT2D eigenvalue weighted by atomic mass is 10.3. The van der Waals surface area contributed by atoms with Crippen molar-refractivity contribution in [1.29, 1.82) is 0 Å². The molecule has 8 nitrogen and oxygen atoms in total. The number of carbonyl (C=O) groups excluding carboxylic acids is 1. The first-order chi connectivity index (χ1) is 15.3. The van der Waals surface area contributed by atoms with Crippen LogP contribution in [0.4, 0.5) is 4.39 Å². The first-order valence-electron chi connectivity index (χ1n) is 10.0. The van der Waals surface area contributed by atoms with Gasteiger partial charge >= 0.3 is 0 Å². The number of sulfonamides is 1. The van der Waals surface area contributed by atoms with Crippen LogP contribution in [0.25, 0.3) is 5.69 Å². The molecule has 1 aliphatic heterocycles. The third-order valence-electron chi connectivity index (χ3n) is 5.22. The van der Waals surface area contributed by atoms with E-state index in [9.17, 15) is 17.6 Å². The minimum Gasteiger partial charge on any atom is -0.334 e. The van der Waals surface area contributed by atoms with Gasteiger partial charge in [-0.15, -0.1) is 5.10 Å². The molecule has 0 spiro atoms. The molecule has 2 aromatic carbocycles. The van der Waals surface area contributed by atoms with Crippen molar-refractivity contribution in [1.82, 2.24) is 24.0 Å². The van der Waals surface area contributed by atoms with E-state index in [1.54, 1.807) is 40.8 Å². The Morgan fingerprint density at radius 3 is 2.38 bits per heavy atom. The summed E-state index contributed by atoms with van der Waals surface area (Å²) in [5.41, 5.74) is 0.728. The van der Waals surface area contributed by atoms with Gasteiger partial charge in [-0.25, -0.2) is 22.5 Å². The molecule has 168 valence electrons. The predicted molar refractivity (Wildman–Crippen MR) is 117 cm³/mol. The van der Waals surface area contributed by atoms with Crippen molar-refractivity contribution in [3.05, 3.63) is 71.0 Å². The SMILES string of the molecule is Cc1nc(C(=O)N2CCCN(S(=O)(=O)c3ccc(F)cc3)CC2)nn1-c1ccc(Cl)cc1. The van der Waals surface area contributed by atoms with Crippen molar-refractivity contribution in [2.24, 2.45) is 0 Å². The zero-order valence-corrected chi connectivity index (χ0v) is 18.9. The summed E-state index contributed by atoms with van der Waals surface area (Å²) in [6.45, 7) is 2.71. The van der Waals surface area contributed by atoms with Crippen LogP contribution in [0.15, 0.2) is 53.4 Å². The van der Waals surface area contributed by atoms with Gasteiger partial charge in [0.1, 0.15) is 11.6 Å². The molecule has 0 atom stereocenters. The van der Waals surface area contributed by atoms with E-state index < -0.39 is 15.8 Å². The van der Waals surface area contributed by atoms with Gasteiger partial charge in [0.05, 0.1) is 10.6 Å². The fraction of sp³-hybridized carbons (Fsp3) is 0.286. The number of benzene rings is 2. The molecular weight excluding hydrogens is 457 g/mol. The van der Waals surface area contributed by atoms with Crippen molar-refractivity contribution >= 4 is 27.5 Å². The maximum Gasteiger partial charge on any atom is 0.293 e. The molecule has 0 unspecified atom stereocenters. The van der Waals surface area contributed by atoms with E-state index in [0.717, 1.165) is 17.8 Å². The Morgan fingerprint density at radius 1 is 1.00 bits per heavy atom. The highest BCUT2D eigenvalue weighted by Gasteiger charge is 2.30. The minimum atomic E-state index is -3.78. The molecule has 3 aromatic rings. The van der Waals surface area contributed by atoms with Gasteiger partial charge in [0.25, 0.3) is 5.91 Å². The summed E-state index contributed by atoms with van der Waals surface area (Å²) < 4.78 is 41.8. The molecule has 0 radical (unpaired) electrons. The number of rotatable bonds is 4. The fourth-order valence-corrected chi connectivity index (χ4v) is 5.14. The van der Waals surface area contributed by atoms with Crippen molar-refractivity contribution in [3.8, 4) is 5.69 Å². The largest absolute Gasteiger partial charge is 0.334 e. The van der Waals surface area contributed by atoms with E-state index in [1.165, 1.54) is 16.4 Å². The smallest absolute Gasteiger partial charge is 0.293 e. The monoisotopic (exact) mass is 477 g/mol. The number of carbonyl (C=O) groups is 1. The average molecular weight is 478 g/mol. The van der Waals surface area contributed by atoms with Crippen molar-refractivity contribution in [2.75, 3.05) is 26.2 Å². The zero-order valence-electron chi connectivity index (χ0n) is 17.3. The maximum absolute atomic E-state index is 13.2. The van der Waals surface area contributed by atoms with Crippen LogP contribution in [-0.2, 0) is 10.0 Å². The van der Waals surface area contributed by atoms with Gasteiger partial charge < -0.3 is 4.90 Å². The fourth-order valence-electron chi connectivity index (χ4n) is 3.54. The number of amides is 1. The summed E-state index contributed by atoms with van der Waals surface area (Å²) >= 11 is 5.93. The number of halogens is 2. The molecule has 11 heteroatoms. The molecule has 1 fully saturated rings. The van der Waals surface area contributed by atoms with Crippen LogP contribution in [0.1, 0.15) is 22.9 Å². The molecule has 2 heterocycles. The molecule has 0 aliphatic carbocycles. The van der Waals surface area contributed by atoms with E-state index in [1.807, 2.05) is 0 Å². The second-order valence-electron chi connectivity index (χ2n) is 7.37. The molecule has 1 saturated heterocycles. The molecule has 0 bridgehead atoms. The molecular formula is C21H21ClFN5O3S. The van der Waals surface area contributed by atoms with E-state index in [2.05, 4.69) is 10.1 Å². The van der Waals surface area contributed by atoms with Crippen LogP contribution in [0.5, 0.6) is 0 Å². The van der Waals surface area contributed by atoms with Gasteiger partial charge in [-0.2, -0.15) is 4.31 Å². The first kappa shape index (κ1) is 22.4. The van der Waals surface area contributed by atoms with Crippen molar-refractivity contribution in [3.63, 3.8) is 0 Å². The van der Waals surface area contributed by atoms with E-state index in [-0.39, 0.29) is 36.3 Å². The van der Waals surface area contributed by atoms with Gasteiger partial charge in [-0.05, 0) is 61.9 Å². The van der Waals surface area contributed by atoms with Crippen LogP contribution in [0.2, 0.25) is 5.02 Å². The van der Waals surface area contributed by atoms with E-state index in [4.69, 9.17) is 11.6 Å². The molecule has 1 aromatic heterocycles. The second kappa shape index (κ2) is 8.97. The first-order valence-corrected chi connectivity index (χ1v) is 11.8. The Hall–Kier alpha value is -2.82. The van der Waals surface area contributed by atoms with Crippen molar-refractivity contribution < 1.29 is 17.6 Å². The van der Waals surface area contributed by atoms with Crippen LogP contribution in [-0.4, -0.2) is 64.5 Å². The van der Waals surface area contributed by atoms with Crippen LogP contribution >= 0.6 is 11.6 Å². The number of hydrogen-bond acceptors (Lipinski definition) is 5. The summed E-state index contributed by atoms with van der Waals surface area (Å²) in [6, 6.07) is 11.7. The zero-order chi connectivity index (χ0) is 22.9. The van der Waals surface area contributed by atoms with E-state index in [0.29, 0.717) is 23.8 Å². The summed E-state index contributed by atoms with van der Waals surface area (Å²) in [4.78, 5) is 18.9. The van der Waals surface area contributed by atoms with Gasteiger partial charge in [-0.1, -0.05) is 11.6 Å². The van der Waals surface area contributed by atoms with Crippen LogP contribution < -0.4 is 0 Å². The molecule has 0 saturated carbocycles. The van der Waals surface area contributed by atoms with Gasteiger partial charge in [0.2, 0.25) is 15.8 Å². The second-order valence-corrected chi connectivity index (χ2v) is 9.75. The van der Waals surface area contributed by atoms with Gasteiger partial charge in [0, 0.05) is 31.2 Å². The Balaban J connectivity index is 1.49. The third kappa shape index (κ3) is 4.52. The van der Waals surface area contributed by atoms with Gasteiger partial charge in [0.15, 0.2) is 0 Å². The molecule has 0 N–H and O–H groups in total. The lowest BCUT2D eigenvalue weighted by Gasteiger charge is -2.21. The Kier molecular flexibility index (Phi) is 6.27. The highest BCUT2D eigenvalue weighted by atomic mass is 35.5. The Morgan fingerprint density at radius 2 is 1.69 bits per heavy atom. The number of hydrogen-bond donors (Lipinski definition) is 0. The highest BCUT2D eigenvalue weighted by Crippen LogP contribution is 2.19. The molecule has 32 heavy (non-hydrogen) atoms. The summed E-state index contributed by atoms with van der Waals surface area (Å²) in [7, 11) is -3.78. The third-order valence-corrected chi connectivity index (χ3v) is 7.39. The molecule has 1 amide bonds. The molecule has 4 rings (SSSR count). The topological polar surface area (TPSA) is 88.4 Å². The summed E-state index contributed by atoms with van der Waals surface area (Å²) in [5.74, 6) is -0.266. The Labute approximate surface area is 190 Å². The molecule has 1 aliphatic rings. The number of nitrogens with zero attached hydrogens (tertiary/aromatic N) is 5. The van der Waals surface area contributed by atoms with E-state index >= 15 is 0 Å². The van der Waals surface area contributed by atoms with Crippen LogP contribution in [0, 0.1) is 12.7 Å². The predicted octanol–water partition coefficient (Wildman–Crippen LogP) is 2.91. The number of aromatic nitrogens is 3. The number of aryl methyl sites for hydroxylation is 1. The standard InChI is InChI=1S/C21H21ClFN5O3S/c1-15-24-20(25-28(15)18-7-3-16(22)4-8-18)21(29)26-11-2-12-27(14-13-26)32(30,31)19-9-5-17(23)6-10-19/h3-10H,2,11-14H2,1H3.